The number of rotatable bonds is 5. The van der Waals surface area contributed by atoms with E-state index in [1.807, 2.05) is 0 Å². The summed E-state index contributed by atoms with van der Waals surface area (Å²) in [4.78, 5) is 13.4. The molecule has 2 rings (SSSR count). The van der Waals surface area contributed by atoms with Crippen molar-refractivity contribution in [3.8, 4) is 5.75 Å². The van der Waals surface area contributed by atoms with Crippen LogP contribution in [0.5, 0.6) is 5.75 Å². The number of carbonyl (C=O) groups is 1. The summed E-state index contributed by atoms with van der Waals surface area (Å²) in [6.07, 6.45) is -4.78. The molecule has 1 fully saturated rings. The highest BCUT2D eigenvalue weighted by atomic mass is 19.4. The number of hydrogen-bond donors (Lipinski definition) is 1. The van der Waals surface area contributed by atoms with Gasteiger partial charge in [-0.3, -0.25) is 9.69 Å². The second-order valence-corrected chi connectivity index (χ2v) is 5.41. The summed E-state index contributed by atoms with van der Waals surface area (Å²) in [6, 6.07) is 5.83. The van der Waals surface area contributed by atoms with E-state index in [2.05, 4.69) is 0 Å². The molecule has 1 saturated heterocycles. The second-order valence-electron chi connectivity index (χ2n) is 5.41. The van der Waals surface area contributed by atoms with E-state index < -0.39 is 24.7 Å². The number of hydrogen-bond acceptors (Lipinski definition) is 4. The van der Waals surface area contributed by atoms with Crippen LogP contribution in [0.25, 0.3) is 0 Å². The molecule has 5 nitrogen and oxygen atoms in total. The van der Waals surface area contributed by atoms with Crippen LogP contribution in [0.2, 0.25) is 0 Å². The molecule has 1 aromatic carbocycles. The van der Waals surface area contributed by atoms with E-state index >= 15 is 0 Å². The average Bonchev–Trinajstić information content (AvgIpc) is 2.45. The lowest BCUT2D eigenvalue weighted by Gasteiger charge is -2.38. The van der Waals surface area contributed by atoms with Gasteiger partial charge >= 0.3 is 6.18 Å². The Labute approximate surface area is 132 Å². The first-order chi connectivity index (χ1) is 10.8. The van der Waals surface area contributed by atoms with Gasteiger partial charge in [-0.15, -0.1) is 0 Å². The molecular weight excluding hydrogens is 313 g/mol. The summed E-state index contributed by atoms with van der Waals surface area (Å²) < 4.78 is 47.3. The molecule has 128 valence electrons. The molecule has 0 saturated carbocycles. The predicted octanol–water partition coefficient (Wildman–Crippen LogP) is 1.70. The number of amides is 1. The summed E-state index contributed by atoms with van der Waals surface area (Å²) >= 11 is 0. The summed E-state index contributed by atoms with van der Waals surface area (Å²) in [5, 5.41) is 0. The molecular formula is C15H19F3N2O3. The molecule has 0 radical (unpaired) electrons. The Morgan fingerprint density at radius 1 is 1.43 bits per heavy atom. The van der Waals surface area contributed by atoms with Crippen molar-refractivity contribution in [1.82, 2.24) is 4.90 Å². The lowest BCUT2D eigenvalue weighted by Crippen LogP contribution is -2.56. The van der Waals surface area contributed by atoms with Crippen molar-refractivity contribution in [2.75, 3.05) is 19.8 Å². The van der Waals surface area contributed by atoms with Gasteiger partial charge in [0.2, 0.25) is 5.91 Å². The number of halogens is 3. The van der Waals surface area contributed by atoms with Gasteiger partial charge in [0, 0.05) is 18.7 Å². The van der Waals surface area contributed by atoms with E-state index in [4.69, 9.17) is 15.2 Å². The second kappa shape index (κ2) is 7.18. The Morgan fingerprint density at radius 2 is 2.13 bits per heavy atom. The van der Waals surface area contributed by atoms with Gasteiger partial charge in [-0.25, -0.2) is 0 Å². The van der Waals surface area contributed by atoms with E-state index in [1.165, 1.54) is 6.07 Å². The zero-order valence-electron chi connectivity index (χ0n) is 12.7. The van der Waals surface area contributed by atoms with Gasteiger partial charge in [-0.05, 0) is 13.0 Å². The molecule has 23 heavy (non-hydrogen) atoms. The molecule has 0 bridgehead atoms. The zero-order chi connectivity index (χ0) is 17.0. The minimum atomic E-state index is -4.41. The number of nitrogens with zero attached hydrogens (tertiary/aromatic N) is 1. The van der Waals surface area contributed by atoms with Crippen LogP contribution in [-0.4, -0.2) is 48.9 Å². The third-order valence-electron chi connectivity index (χ3n) is 3.63. The number of alkyl halides is 3. The first-order valence-electron chi connectivity index (χ1n) is 7.20. The topological polar surface area (TPSA) is 64.8 Å². The van der Waals surface area contributed by atoms with E-state index in [0.29, 0.717) is 18.7 Å². The van der Waals surface area contributed by atoms with Crippen molar-refractivity contribution < 1.29 is 27.4 Å². The van der Waals surface area contributed by atoms with E-state index in [-0.39, 0.29) is 18.4 Å². The van der Waals surface area contributed by atoms with Crippen LogP contribution >= 0.6 is 0 Å². The maximum absolute atomic E-state index is 12.3. The number of morpholine rings is 1. The minimum absolute atomic E-state index is 0.146. The Bertz CT molecular complexity index is 551. The van der Waals surface area contributed by atoms with Crippen LogP contribution in [0, 0.1) is 0 Å². The first-order valence-corrected chi connectivity index (χ1v) is 7.20. The quantitative estimate of drug-likeness (QED) is 0.891. The molecule has 0 aromatic heterocycles. The summed E-state index contributed by atoms with van der Waals surface area (Å²) in [6.45, 7) is 1.54. The van der Waals surface area contributed by atoms with Gasteiger partial charge < -0.3 is 15.2 Å². The van der Waals surface area contributed by atoms with Gasteiger partial charge in [0.15, 0.2) is 6.61 Å². The van der Waals surface area contributed by atoms with Crippen LogP contribution in [0.3, 0.4) is 0 Å². The Balaban J connectivity index is 2.14. The molecule has 8 heteroatoms. The Kier molecular flexibility index (Phi) is 5.48. The SMILES string of the molecule is C[C@H]1OCCN(Cc2ccccc2OCC(F)(F)F)[C@@H]1C(N)=O. The van der Waals surface area contributed by atoms with Crippen LogP contribution in [-0.2, 0) is 16.1 Å². The molecule has 2 N–H and O–H groups in total. The third-order valence-corrected chi connectivity index (χ3v) is 3.63. The van der Waals surface area contributed by atoms with Gasteiger partial charge in [-0.2, -0.15) is 13.2 Å². The smallest absolute Gasteiger partial charge is 0.422 e. The summed E-state index contributed by atoms with van der Waals surface area (Å²) in [7, 11) is 0. The third kappa shape index (κ3) is 4.84. The molecule has 1 aliphatic rings. The lowest BCUT2D eigenvalue weighted by atomic mass is 10.1. The maximum Gasteiger partial charge on any atom is 0.422 e. The van der Waals surface area contributed by atoms with E-state index in [9.17, 15) is 18.0 Å². The van der Waals surface area contributed by atoms with Crippen molar-refractivity contribution >= 4 is 5.91 Å². The van der Waals surface area contributed by atoms with Crippen molar-refractivity contribution in [2.24, 2.45) is 5.73 Å². The van der Waals surface area contributed by atoms with Crippen molar-refractivity contribution in [1.29, 1.82) is 0 Å². The molecule has 1 aliphatic heterocycles. The number of para-hydroxylation sites is 1. The monoisotopic (exact) mass is 332 g/mol. The van der Waals surface area contributed by atoms with E-state index in [0.717, 1.165) is 0 Å². The summed E-state index contributed by atoms with van der Waals surface area (Å²) in [5.41, 5.74) is 5.98. The number of benzene rings is 1. The molecule has 2 atom stereocenters. The van der Waals surface area contributed by atoms with Gasteiger partial charge in [-0.1, -0.05) is 18.2 Å². The molecule has 1 heterocycles. The summed E-state index contributed by atoms with van der Waals surface area (Å²) in [5.74, 6) is -0.377. The molecule has 0 aliphatic carbocycles. The number of ether oxygens (including phenoxy) is 2. The first kappa shape index (κ1) is 17.6. The van der Waals surface area contributed by atoms with E-state index in [1.54, 1.807) is 30.0 Å². The van der Waals surface area contributed by atoms with Crippen LogP contribution in [0.4, 0.5) is 13.2 Å². The highest BCUT2D eigenvalue weighted by Crippen LogP contribution is 2.25. The van der Waals surface area contributed by atoms with Crippen molar-refractivity contribution in [3.63, 3.8) is 0 Å². The highest BCUT2D eigenvalue weighted by Gasteiger charge is 2.34. The van der Waals surface area contributed by atoms with Gasteiger partial charge in [0.1, 0.15) is 11.8 Å². The molecule has 0 unspecified atom stereocenters. The lowest BCUT2D eigenvalue weighted by molar-refractivity contribution is -0.153. The fourth-order valence-corrected chi connectivity index (χ4v) is 2.63. The maximum atomic E-state index is 12.3. The standard InChI is InChI=1S/C15H19F3N2O3/c1-10-13(14(19)21)20(6-7-22-10)8-11-4-2-3-5-12(11)23-9-15(16,17)18/h2-5,10,13H,6-9H2,1H3,(H2,19,21)/t10-,13+/m1/s1. The number of nitrogens with two attached hydrogens (primary N) is 1. The number of primary amides is 1. The van der Waals surface area contributed by atoms with Gasteiger partial charge in [0.05, 0.1) is 12.7 Å². The van der Waals surface area contributed by atoms with Crippen LogP contribution in [0.1, 0.15) is 12.5 Å². The predicted molar refractivity (Wildman–Crippen MR) is 76.8 cm³/mol. The average molecular weight is 332 g/mol. The van der Waals surface area contributed by atoms with Gasteiger partial charge in [0.25, 0.3) is 0 Å². The largest absolute Gasteiger partial charge is 0.484 e. The highest BCUT2D eigenvalue weighted by molar-refractivity contribution is 5.80. The Hall–Kier alpha value is -1.80. The van der Waals surface area contributed by atoms with Crippen molar-refractivity contribution in [3.05, 3.63) is 29.8 Å². The fourth-order valence-electron chi connectivity index (χ4n) is 2.63. The van der Waals surface area contributed by atoms with Crippen LogP contribution < -0.4 is 10.5 Å². The molecule has 1 aromatic rings. The minimum Gasteiger partial charge on any atom is -0.484 e. The number of carbonyl (C=O) groups excluding carboxylic acids is 1. The fraction of sp³-hybridized carbons (Fsp3) is 0.533. The normalized spacial score (nSPS) is 22.8. The van der Waals surface area contributed by atoms with Crippen LogP contribution in [0.15, 0.2) is 24.3 Å². The Morgan fingerprint density at radius 3 is 2.78 bits per heavy atom. The zero-order valence-corrected chi connectivity index (χ0v) is 12.7. The molecule has 1 amide bonds. The molecule has 0 spiro atoms. The van der Waals surface area contributed by atoms with Crippen molar-refractivity contribution in [2.45, 2.75) is 31.8 Å².